The first kappa shape index (κ1) is 19.8. The van der Waals surface area contributed by atoms with E-state index in [-0.39, 0.29) is 42.9 Å². The Morgan fingerprint density at radius 1 is 1.15 bits per heavy atom. The molecule has 7 nitrogen and oxygen atoms in total. The summed E-state index contributed by atoms with van der Waals surface area (Å²) in [7, 11) is -3.60. The minimum atomic E-state index is -3.60. The Kier molecular flexibility index (Phi) is 6.15. The summed E-state index contributed by atoms with van der Waals surface area (Å²) in [5.74, 6) is 0.0866. The van der Waals surface area contributed by atoms with Gasteiger partial charge in [0.15, 0.2) is 12.9 Å². The first-order valence-corrected chi connectivity index (χ1v) is 10.8. The number of aldehydes is 1. The Labute approximate surface area is 166 Å². The lowest BCUT2D eigenvalue weighted by Crippen LogP contribution is -2.51. The van der Waals surface area contributed by atoms with Crippen molar-refractivity contribution >= 4 is 45.2 Å². The first-order chi connectivity index (χ1) is 12.9. The quantitative estimate of drug-likeness (QED) is 0.658. The van der Waals surface area contributed by atoms with Gasteiger partial charge >= 0.3 is 0 Å². The van der Waals surface area contributed by atoms with E-state index in [1.54, 1.807) is 35.2 Å². The molecule has 27 heavy (non-hydrogen) atoms. The summed E-state index contributed by atoms with van der Waals surface area (Å²) in [5, 5.41) is 0. The minimum absolute atomic E-state index is 0.195. The van der Waals surface area contributed by atoms with E-state index < -0.39 is 10.0 Å². The van der Waals surface area contributed by atoms with Crippen LogP contribution in [0.15, 0.2) is 40.6 Å². The second kappa shape index (κ2) is 8.39. The second-order valence-corrected chi connectivity index (χ2v) is 9.67. The molecule has 0 spiro atoms. The average Bonchev–Trinajstić information content (AvgIpc) is 3.13. The van der Waals surface area contributed by atoms with Crippen LogP contribution >= 0.6 is 22.9 Å². The Bertz CT molecular complexity index is 936. The van der Waals surface area contributed by atoms with Gasteiger partial charge in [0, 0.05) is 26.2 Å². The Morgan fingerprint density at radius 2 is 1.85 bits per heavy atom. The molecule has 1 aromatic carbocycles. The van der Waals surface area contributed by atoms with Crippen LogP contribution in [0.3, 0.4) is 0 Å². The molecule has 0 radical (unpaired) electrons. The van der Waals surface area contributed by atoms with Gasteiger partial charge in [-0.1, -0.05) is 23.7 Å². The lowest BCUT2D eigenvalue weighted by atomic mass is 10.2. The van der Waals surface area contributed by atoms with Crippen molar-refractivity contribution in [3.63, 3.8) is 0 Å². The smallest absolute Gasteiger partial charge is 0.260 e. The summed E-state index contributed by atoms with van der Waals surface area (Å²) in [6, 6.07) is 9.68. The van der Waals surface area contributed by atoms with E-state index in [2.05, 4.69) is 0 Å². The van der Waals surface area contributed by atoms with E-state index in [0.717, 1.165) is 11.3 Å². The van der Waals surface area contributed by atoms with Gasteiger partial charge in [-0.2, -0.15) is 4.31 Å². The van der Waals surface area contributed by atoms with Crippen molar-refractivity contribution in [2.24, 2.45) is 0 Å². The molecule has 0 saturated carbocycles. The topological polar surface area (TPSA) is 84.0 Å². The predicted octanol–water partition coefficient (Wildman–Crippen LogP) is 2.13. The van der Waals surface area contributed by atoms with Crippen molar-refractivity contribution in [3.05, 3.63) is 46.3 Å². The number of carbonyl (C=O) groups excluding carboxylic acids is 2. The summed E-state index contributed by atoms with van der Waals surface area (Å²) in [4.78, 5) is 24.9. The standard InChI is InChI=1S/C17H17ClN2O5S2/c18-15-5-6-17(26-15)27(23,24)20-9-7-19(8-10-20)16(22)12-25-14-4-2-1-3-13(14)11-21/h1-6,11H,7-10,12H2. The van der Waals surface area contributed by atoms with Crippen LogP contribution < -0.4 is 4.74 Å². The third-order valence-corrected chi connectivity index (χ3v) is 7.73. The van der Waals surface area contributed by atoms with Gasteiger partial charge in [0.1, 0.15) is 9.96 Å². The number of piperazine rings is 1. The number of thiophene rings is 1. The molecule has 1 aliphatic heterocycles. The molecule has 0 aliphatic carbocycles. The second-order valence-electron chi connectivity index (χ2n) is 5.79. The van der Waals surface area contributed by atoms with Gasteiger partial charge in [-0.15, -0.1) is 11.3 Å². The number of rotatable bonds is 6. The molecule has 1 saturated heterocycles. The number of benzene rings is 1. The van der Waals surface area contributed by atoms with Crippen molar-refractivity contribution in [3.8, 4) is 5.75 Å². The van der Waals surface area contributed by atoms with Gasteiger partial charge in [0.25, 0.3) is 15.9 Å². The fraction of sp³-hybridized carbons (Fsp3) is 0.294. The van der Waals surface area contributed by atoms with Crippen molar-refractivity contribution in [2.45, 2.75) is 4.21 Å². The van der Waals surface area contributed by atoms with Crippen LogP contribution in [0.5, 0.6) is 5.75 Å². The van der Waals surface area contributed by atoms with Gasteiger partial charge in [0.05, 0.1) is 9.90 Å². The first-order valence-electron chi connectivity index (χ1n) is 8.12. The lowest BCUT2D eigenvalue weighted by molar-refractivity contribution is -0.134. The molecular weight excluding hydrogens is 412 g/mol. The molecular formula is C17H17ClN2O5S2. The largest absolute Gasteiger partial charge is 0.483 e. The molecule has 1 fully saturated rings. The molecule has 1 amide bonds. The van der Waals surface area contributed by atoms with Crippen LogP contribution in [0.4, 0.5) is 0 Å². The van der Waals surface area contributed by atoms with E-state index in [0.29, 0.717) is 21.9 Å². The van der Waals surface area contributed by atoms with E-state index in [1.165, 1.54) is 10.4 Å². The maximum Gasteiger partial charge on any atom is 0.260 e. The summed E-state index contributed by atoms with van der Waals surface area (Å²) >= 11 is 6.84. The molecule has 0 bridgehead atoms. The van der Waals surface area contributed by atoms with Gasteiger partial charge in [-0.3, -0.25) is 9.59 Å². The third-order valence-electron chi connectivity index (χ3n) is 4.13. The lowest BCUT2D eigenvalue weighted by Gasteiger charge is -2.33. The summed E-state index contributed by atoms with van der Waals surface area (Å²) in [6.45, 7) is 0.743. The fourth-order valence-corrected chi connectivity index (χ4v) is 5.74. The van der Waals surface area contributed by atoms with Crippen LogP contribution in [0.1, 0.15) is 10.4 Å². The molecule has 2 aromatic rings. The number of nitrogens with zero attached hydrogens (tertiary/aromatic N) is 2. The monoisotopic (exact) mass is 428 g/mol. The normalized spacial score (nSPS) is 15.5. The Hall–Kier alpha value is -1.94. The highest BCUT2D eigenvalue weighted by Crippen LogP contribution is 2.28. The minimum Gasteiger partial charge on any atom is -0.483 e. The molecule has 144 valence electrons. The van der Waals surface area contributed by atoms with Crippen LogP contribution in [0.2, 0.25) is 4.34 Å². The van der Waals surface area contributed by atoms with Crippen LogP contribution in [0.25, 0.3) is 0 Å². The molecule has 2 heterocycles. The molecule has 0 N–H and O–H groups in total. The molecule has 1 aliphatic rings. The van der Waals surface area contributed by atoms with E-state index >= 15 is 0 Å². The van der Waals surface area contributed by atoms with Crippen molar-refractivity contribution in [2.75, 3.05) is 32.8 Å². The maximum atomic E-state index is 12.6. The number of carbonyl (C=O) groups is 2. The number of hydrogen-bond donors (Lipinski definition) is 0. The highest BCUT2D eigenvalue weighted by atomic mass is 35.5. The summed E-state index contributed by atoms with van der Waals surface area (Å²) in [5.41, 5.74) is 0.371. The zero-order chi connectivity index (χ0) is 19.4. The van der Waals surface area contributed by atoms with Crippen LogP contribution in [-0.2, 0) is 14.8 Å². The fourth-order valence-electron chi connectivity index (χ4n) is 2.68. The average molecular weight is 429 g/mol. The SMILES string of the molecule is O=Cc1ccccc1OCC(=O)N1CCN(S(=O)(=O)c2ccc(Cl)s2)CC1. The number of halogens is 1. The van der Waals surface area contributed by atoms with E-state index in [4.69, 9.17) is 16.3 Å². The van der Waals surface area contributed by atoms with Gasteiger partial charge in [-0.25, -0.2) is 8.42 Å². The highest BCUT2D eigenvalue weighted by molar-refractivity contribution is 7.91. The predicted molar refractivity (Wildman–Crippen MR) is 102 cm³/mol. The van der Waals surface area contributed by atoms with E-state index in [9.17, 15) is 18.0 Å². The number of sulfonamides is 1. The van der Waals surface area contributed by atoms with Crippen LogP contribution in [0, 0.1) is 0 Å². The Morgan fingerprint density at radius 3 is 2.48 bits per heavy atom. The zero-order valence-corrected chi connectivity index (χ0v) is 16.6. The van der Waals surface area contributed by atoms with Crippen molar-refractivity contribution < 1.29 is 22.7 Å². The van der Waals surface area contributed by atoms with Gasteiger partial charge in [-0.05, 0) is 24.3 Å². The number of hydrogen-bond acceptors (Lipinski definition) is 6. The molecule has 10 heteroatoms. The van der Waals surface area contributed by atoms with Gasteiger partial charge in [0.2, 0.25) is 0 Å². The molecule has 0 atom stereocenters. The number of amides is 1. The number of ether oxygens (including phenoxy) is 1. The Balaban J connectivity index is 1.56. The van der Waals surface area contributed by atoms with Gasteiger partial charge < -0.3 is 9.64 Å². The maximum absolute atomic E-state index is 12.6. The third kappa shape index (κ3) is 4.49. The molecule has 3 rings (SSSR count). The zero-order valence-electron chi connectivity index (χ0n) is 14.2. The summed E-state index contributed by atoms with van der Waals surface area (Å²) in [6.07, 6.45) is 0.667. The van der Waals surface area contributed by atoms with Crippen molar-refractivity contribution in [1.29, 1.82) is 0 Å². The molecule has 1 aromatic heterocycles. The van der Waals surface area contributed by atoms with E-state index in [1.807, 2.05) is 0 Å². The number of para-hydroxylation sites is 1. The van der Waals surface area contributed by atoms with Crippen LogP contribution in [-0.4, -0.2) is 62.6 Å². The van der Waals surface area contributed by atoms with Crippen molar-refractivity contribution in [1.82, 2.24) is 9.21 Å². The molecule has 0 unspecified atom stereocenters. The summed E-state index contributed by atoms with van der Waals surface area (Å²) < 4.78 is 32.5. The highest BCUT2D eigenvalue weighted by Gasteiger charge is 2.31.